The highest BCUT2D eigenvalue weighted by molar-refractivity contribution is 8.07. The van der Waals surface area contributed by atoms with E-state index in [4.69, 9.17) is 53.6 Å². The number of ether oxygens (including phenoxy) is 5. The predicted octanol–water partition coefficient (Wildman–Crippen LogP) is 6.28. The first kappa shape index (κ1) is 97.1. The zero-order valence-electron chi connectivity index (χ0n) is 68.6. The molecule has 0 aromatic carbocycles. The molecular weight excluding hydrogens is 1560 g/mol. The van der Waals surface area contributed by atoms with E-state index >= 15 is 0 Å². The van der Waals surface area contributed by atoms with Crippen molar-refractivity contribution >= 4 is 61.9 Å². The van der Waals surface area contributed by atoms with Crippen LogP contribution in [0.4, 0.5) is 4.79 Å². The number of β-amino-alcohol motifs (C(OH)–C–C–N with tert-alkyl or cyclic N) is 1. The number of rotatable bonds is 49. The Kier molecular flexibility index (Phi) is 39.5. The van der Waals surface area contributed by atoms with Crippen molar-refractivity contribution < 1.29 is 131 Å². The molecule has 16 unspecified atom stereocenters. The van der Waals surface area contributed by atoms with Crippen molar-refractivity contribution in [2.45, 2.75) is 338 Å². The summed E-state index contributed by atoms with van der Waals surface area (Å²) in [6, 6.07) is -2.35. The summed E-state index contributed by atoms with van der Waals surface area (Å²) in [4.78, 5) is 105. The largest absolute Gasteiger partial charge is 0.472 e. The van der Waals surface area contributed by atoms with Crippen LogP contribution in [0, 0.1) is 46.3 Å². The van der Waals surface area contributed by atoms with Gasteiger partial charge in [0.15, 0.2) is 18.4 Å². The number of likely N-dealkylation sites (tertiary alicyclic amines) is 2. The van der Waals surface area contributed by atoms with Gasteiger partial charge in [0.2, 0.25) is 23.6 Å². The Balaban J connectivity index is 0.717. The molecule has 4 saturated heterocycles. The Morgan fingerprint density at radius 2 is 1.18 bits per heavy atom. The maximum atomic E-state index is 13.9. The van der Waals surface area contributed by atoms with Gasteiger partial charge in [-0.25, -0.2) is 9.36 Å². The second-order valence-corrected chi connectivity index (χ2v) is 39.0. The van der Waals surface area contributed by atoms with E-state index in [-0.39, 0.29) is 126 Å². The lowest BCUT2D eigenvalue weighted by atomic mass is 9.47. The third-order valence-electron chi connectivity index (χ3n) is 26.0. The highest BCUT2D eigenvalue weighted by atomic mass is 32.5. The van der Waals surface area contributed by atoms with Gasteiger partial charge in [0.25, 0.3) is 0 Å². The van der Waals surface area contributed by atoms with Gasteiger partial charge in [-0.2, -0.15) is 0 Å². The number of carbonyl (C=O) groups excluding carboxylic acids is 6. The Morgan fingerprint density at radius 3 is 1.81 bits per heavy atom. The van der Waals surface area contributed by atoms with Crippen LogP contribution >= 0.6 is 14.5 Å². The number of carbonyl (C=O) groups is 6. The molecule has 14 N–H and O–H groups in total. The van der Waals surface area contributed by atoms with Gasteiger partial charge >= 0.3 is 20.6 Å². The molecule has 0 radical (unpaired) electrons. The summed E-state index contributed by atoms with van der Waals surface area (Å²) in [5.41, 5.74) is 2.03. The fourth-order valence-corrected chi connectivity index (χ4v) is 21.1. The third-order valence-corrected chi connectivity index (χ3v) is 28.8. The summed E-state index contributed by atoms with van der Waals surface area (Å²) in [5.74, 6) is 3.04. The van der Waals surface area contributed by atoms with Gasteiger partial charge < -0.3 is 114 Å². The molecule has 4 aliphatic heterocycles. The second-order valence-electron chi connectivity index (χ2n) is 34.7. The molecule has 4 heterocycles. The van der Waals surface area contributed by atoms with Crippen molar-refractivity contribution in [2.75, 3.05) is 72.9 Å². The molecule has 5 amide bonds. The Labute approximate surface area is 684 Å². The van der Waals surface area contributed by atoms with Gasteiger partial charge in [0.1, 0.15) is 54.9 Å². The number of phosphoric ester groups is 1. The number of hydrogen-bond donors (Lipinski definition) is 14. The summed E-state index contributed by atoms with van der Waals surface area (Å²) in [7, 11) is -3.66. The van der Waals surface area contributed by atoms with E-state index in [1.165, 1.54) is 67.4 Å². The molecule has 4 aliphatic carbocycles. The number of allylic oxidation sites excluding steroid dienone is 1. The van der Waals surface area contributed by atoms with Crippen molar-refractivity contribution in [1.82, 2.24) is 25.8 Å². The molecule has 0 bridgehead atoms. The maximum absolute atomic E-state index is 13.9. The van der Waals surface area contributed by atoms with Crippen molar-refractivity contribution in [1.29, 1.82) is 0 Å². The average Bonchev–Trinajstić information content (AvgIpc) is 1.67. The fourth-order valence-electron chi connectivity index (χ4n) is 19.5. The van der Waals surface area contributed by atoms with E-state index in [1.54, 1.807) is 0 Å². The molecule has 25 atom stereocenters. The number of fused-ring (bicyclic) bond motifs is 5. The van der Waals surface area contributed by atoms with Crippen LogP contribution in [-0.2, 0) is 82.1 Å². The number of nitrogens with one attached hydrogen (secondary N) is 3. The van der Waals surface area contributed by atoms with Crippen molar-refractivity contribution in [3.63, 3.8) is 0 Å². The minimum absolute atomic E-state index is 0.000504. The van der Waals surface area contributed by atoms with E-state index in [0.29, 0.717) is 101 Å². The summed E-state index contributed by atoms with van der Waals surface area (Å²) in [6.45, 7) is 7.29. The zero-order valence-corrected chi connectivity index (χ0v) is 71.2. The number of nitrogens with zero attached hydrogens (tertiary/aromatic N) is 2. The number of phosphoric acid groups is 1. The van der Waals surface area contributed by atoms with E-state index in [0.717, 1.165) is 55.3 Å². The van der Waals surface area contributed by atoms with Gasteiger partial charge in [-0.05, 0) is 187 Å². The van der Waals surface area contributed by atoms with Crippen LogP contribution in [0.1, 0.15) is 240 Å². The standard InChI is InChI=1S/C80H139N5O27P2S/c1-50(2)21-20-22-51(3)59-31-32-60-58-30-29-52-41-56(33-35-79(52,4)61(58)34-36-80(59,60)5)109-78(100)82-38-16-9-12-28-69(93)85-45-57(43-54(85)49-108-114(103,115)104-6)112-113(101,102)107-48-53-42-55(88)44-84(53)68(92)27-11-8-7-10-24-63(89)62(83-67(91)26-15-19-40-106-77-75(99)73(97)71(95)65(47-87)111-77)23-13-17-37-81-66(90)25-14-18-39-105-76-74(98)72(96)70(94)64(46-86)110-76/h29,50-51,53-62,64-65,70-77,86-88,94-99H,7-28,30-49H2,1-6H3,(H,81,90)(H,82,100)(H,83,91)(H,101,102)(H,103,115)/t51?,53?,54-,55+,56?,57+,58-,59?,60+,61+,62-,64?,65?,70?,71?,72?,73?,74?,75?,76?,77?,79-,80+,114?/m0/s1. The Bertz CT molecular complexity index is 3190. The van der Waals surface area contributed by atoms with Gasteiger partial charge in [-0.1, -0.05) is 84.8 Å². The molecular formula is C80H139N5O27P2S. The van der Waals surface area contributed by atoms with Gasteiger partial charge in [0, 0.05) is 85.0 Å². The topological polar surface area (TPSA) is 468 Å². The lowest BCUT2D eigenvalue weighted by molar-refractivity contribution is -0.301. The number of hydrogen-bond acceptors (Lipinski definition) is 26. The summed E-state index contributed by atoms with van der Waals surface area (Å²) in [6.07, 6.45) is 5.55. The van der Waals surface area contributed by atoms with E-state index < -0.39 is 138 Å². The first-order valence-electron chi connectivity index (χ1n) is 42.7. The third kappa shape index (κ3) is 28.4. The Hall–Kier alpha value is -3.32. The fraction of sp³-hybridized carbons (Fsp3) is 0.900. The molecule has 0 aromatic heterocycles. The Morgan fingerprint density at radius 1 is 0.609 bits per heavy atom. The van der Waals surface area contributed by atoms with Crippen LogP contribution in [0.2, 0.25) is 0 Å². The van der Waals surface area contributed by atoms with Crippen LogP contribution in [0.3, 0.4) is 0 Å². The number of unbranched alkanes of at least 4 members (excludes halogenated alkanes) is 8. The number of alkyl carbamates (subject to hydrolysis) is 1. The summed E-state index contributed by atoms with van der Waals surface area (Å²) < 4.78 is 63.1. The first-order valence-corrected chi connectivity index (χ1v) is 46.8. The quantitative estimate of drug-likeness (QED) is 0.0181. The van der Waals surface area contributed by atoms with Crippen LogP contribution in [0.25, 0.3) is 0 Å². The molecule has 8 aliphatic rings. The SMILES string of the molecule is COP(O)(=S)OC[C@@H]1C[C@@H](OP(=O)(O)OCC2C[C@@H](O)CN2C(=O)CCCCCCC(=O)[C@H](CCCCNC(=O)CCCCOC2OC(CO)C(O)C(O)C2O)NC(=O)CCCCOC2OC(CO)C(O)C(O)C2O)CN1C(=O)CCCCCNC(=O)OC1CC[C@@]2(C)C(=CC[C@@H]3[C@H]2CC[C@]2(C)C(C(C)CCCC(C)C)CC[C@H]32)C1. The minimum Gasteiger partial charge on any atom is -0.446 e. The molecule has 662 valence electrons. The van der Waals surface area contributed by atoms with Crippen LogP contribution in [-0.4, -0.2) is 272 Å². The lowest BCUT2D eigenvalue weighted by Crippen LogP contribution is -2.59. The molecule has 7 fully saturated rings. The minimum atomic E-state index is -4.86. The molecule has 115 heavy (non-hydrogen) atoms. The van der Waals surface area contributed by atoms with Crippen molar-refractivity contribution in [3.8, 4) is 0 Å². The van der Waals surface area contributed by atoms with Gasteiger partial charge in [0.05, 0.1) is 56.8 Å². The molecule has 32 nitrogen and oxygen atoms in total. The maximum Gasteiger partial charge on any atom is 0.472 e. The molecule has 8 rings (SSSR count). The normalized spacial score (nSPS) is 33.6. The monoisotopic (exact) mass is 1700 g/mol. The van der Waals surface area contributed by atoms with Crippen LogP contribution in [0.5, 0.6) is 0 Å². The van der Waals surface area contributed by atoms with Gasteiger partial charge in [-0.15, -0.1) is 0 Å². The smallest absolute Gasteiger partial charge is 0.446 e. The number of aliphatic hydroxyl groups excluding tert-OH is 9. The van der Waals surface area contributed by atoms with E-state index in [2.05, 4.69) is 56.6 Å². The van der Waals surface area contributed by atoms with Crippen molar-refractivity contribution in [2.24, 2.45) is 46.3 Å². The van der Waals surface area contributed by atoms with Gasteiger partial charge in [-0.3, -0.25) is 33.0 Å². The average molecular weight is 1700 g/mol. The molecule has 0 aromatic rings. The van der Waals surface area contributed by atoms with Crippen LogP contribution in [0.15, 0.2) is 11.6 Å². The number of ketones is 1. The summed E-state index contributed by atoms with van der Waals surface area (Å²) >= 11 is 5.06. The molecule has 3 saturated carbocycles. The second kappa shape index (κ2) is 46.8. The first-order chi connectivity index (χ1) is 54.7. The lowest BCUT2D eigenvalue weighted by Gasteiger charge is -2.58. The molecule has 0 spiro atoms. The van der Waals surface area contributed by atoms with E-state index in [9.17, 15) is 89.1 Å². The molecule has 35 heteroatoms. The van der Waals surface area contributed by atoms with Crippen LogP contribution < -0.4 is 16.0 Å². The number of Topliss-reactive ketones (excluding diaryl/α,β-unsaturated/α-hetero) is 1. The predicted molar refractivity (Wildman–Crippen MR) is 425 cm³/mol. The van der Waals surface area contributed by atoms with E-state index in [1.807, 2.05) is 0 Å². The number of aliphatic hydroxyl groups is 9. The van der Waals surface area contributed by atoms with Crippen molar-refractivity contribution in [3.05, 3.63) is 11.6 Å². The highest BCUT2D eigenvalue weighted by Crippen LogP contribution is 2.67. The zero-order chi connectivity index (χ0) is 83.8. The number of amides is 5. The highest BCUT2D eigenvalue weighted by Gasteiger charge is 2.60. The summed E-state index contributed by atoms with van der Waals surface area (Å²) in [5, 5.41) is 98.9.